The number of hydrogen-bond donors (Lipinski definition) is 0. The van der Waals surface area contributed by atoms with Crippen LogP contribution < -0.4 is 5.48 Å². The van der Waals surface area contributed by atoms with Crippen LogP contribution in [0.25, 0.3) is 0 Å². The van der Waals surface area contributed by atoms with E-state index in [0.717, 1.165) is 0 Å². The normalized spacial score (nSPS) is 24.0. The fourth-order valence-electron chi connectivity index (χ4n) is 0.186. The molecule has 3 nitrogen and oxygen atoms in total. The minimum atomic E-state index is 0.333. The van der Waals surface area contributed by atoms with Gasteiger partial charge in [0.15, 0.2) is 6.79 Å². The predicted molar refractivity (Wildman–Crippen MR) is 14.0 cm³/mol. The molecule has 0 amide bonds. The van der Waals surface area contributed by atoms with E-state index in [-0.39, 0.29) is 0 Å². The van der Waals surface area contributed by atoms with Gasteiger partial charge in [-0.05, 0) is 0 Å². The first-order valence-corrected chi connectivity index (χ1v) is 1.36. The van der Waals surface area contributed by atoms with Gasteiger partial charge in [0.25, 0.3) is 0 Å². The highest BCUT2D eigenvalue weighted by Gasteiger charge is 1.95. The van der Waals surface area contributed by atoms with Crippen molar-refractivity contribution in [3.8, 4) is 0 Å². The van der Waals surface area contributed by atoms with Crippen molar-refractivity contribution in [2.24, 2.45) is 0 Å². The molecule has 0 spiro atoms. The van der Waals surface area contributed by atoms with E-state index < -0.39 is 0 Å². The van der Waals surface area contributed by atoms with Crippen LogP contribution >= 0.6 is 0 Å². The van der Waals surface area contributed by atoms with Gasteiger partial charge in [0, 0.05) is 0 Å². The highest BCUT2D eigenvalue weighted by atomic mass is 16.8. The summed E-state index contributed by atoms with van der Waals surface area (Å²) in [7, 11) is 0. The van der Waals surface area contributed by atoms with Gasteiger partial charge in [0.05, 0.1) is 0 Å². The average molecular weight is 74.1 g/mol. The van der Waals surface area contributed by atoms with Crippen LogP contribution in [0.15, 0.2) is 0 Å². The quantitative estimate of drug-likeness (QED) is 0.387. The Kier molecular flexibility index (Phi) is 0.834. The smallest absolute Gasteiger partial charge is 0.170 e. The van der Waals surface area contributed by atoms with Gasteiger partial charge in [-0.2, -0.15) is 0 Å². The summed E-state index contributed by atoms with van der Waals surface area (Å²) >= 11 is 0. The van der Waals surface area contributed by atoms with Crippen LogP contribution in [0.5, 0.6) is 0 Å². The molecule has 3 heteroatoms. The van der Waals surface area contributed by atoms with Crippen LogP contribution in [0.4, 0.5) is 0 Å². The van der Waals surface area contributed by atoms with E-state index in [1.807, 2.05) is 0 Å². The van der Waals surface area contributed by atoms with E-state index in [0.29, 0.717) is 13.5 Å². The van der Waals surface area contributed by atoms with Crippen LogP contribution in [0.3, 0.4) is 0 Å². The number of nitrogens with zero attached hydrogens (tertiary/aromatic N) is 1. The van der Waals surface area contributed by atoms with Crippen LogP contribution in [-0.2, 0) is 9.57 Å². The summed E-state index contributed by atoms with van der Waals surface area (Å²) in [6, 6.07) is 0. The lowest BCUT2D eigenvalue weighted by Crippen LogP contribution is -1.90. The molecule has 0 aliphatic carbocycles. The van der Waals surface area contributed by atoms with Gasteiger partial charge in [-0.15, -0.1) is 0 Å². The summed E-state index contributed by atoms with van der Waals surface area (Å²) in [6.45, 7) is 0.736. The Labute approximate surface area is 29.8 Å². The SMILES string of the molecule is C1[N]OCO1. The highest BCUT2D eigenvalue weighted by molar-refractivity contribution is 4.12. The predicted octanol–water partition coefficient (Wildman–Crippen LogP) is -0.532. The molecule has 29 valence electrons. The highest BCUT2D eigenvalue weighted by Crippen LogP contribution is 1.81. The largest absolute Gasteiger partial charge is 0.334 e. The van der Waals surface area contributed by atoms with Crippen molar-refractivity contribution in [2.75, 3.05) is 13.5 Å². The van der Waals surface area contributed by atoms with Gasteiger partial charge in [0.2, 0.25) is 0 Å². The lowest BCUT2D eigenvalue weighted by Gasteiger charge is -1.72. The lowest BCUT2D eigenvalue weighted by molar-refractivity contribution is 0.0366. The molecular weight excluding hydrogens is 70.0 g/mol. The van der Waals surface area contributed by atoms with Crippen molar-refractivity contribution in [2.45, 2.75) is 0 Å². The van der Waals surface area contributed by atoms with E-state index in [9.17, 15) is 0 Å². The molecule has 1 radical (unpaired) electrons. The Morgan fingerprint density at radius 1 is 1.60 bits per heavy atom. The van der Waals surface area contributed by atoms with Gasteiger partial charge < -0.3 is 4.74 Å². The van der Waals surface area contributed by atoms with Gasteiger partial charge in [-0.25, -0.2) is 0 Å². The van der Waals surface area contributed by atoms with E-state index in [1.165, 1.54) is 0 Å². The Morgan fingerprint density at radius 2 is 2.60 bits per heavy atom. The first-order valence-electron chi connectivity index (χ1n) is 1.36. The van der Waals surface area contributed by atoms with Crippen molar-refractivity contribution in [1.82, 2.24) is 5.48 Å². The van der Waals surface area contributed by atoms with Crippen LogP contribution in [0, 0.1) is 0 Å². The first-order chi connectivity index (χ1) is 2.50. The van der Waals surface area contributed by atoms with Crippen LogP contribution in [0.1, 0.15) is 0 Å². The molecular formula is C2H4NO2. The molecule has 0 N–H and O–H groups in total. The van der Waals surface area contributed by atoms with E-state index in [4.69, 9.17) is 0 Å². The van der Waals surface area contributed by atoms with Crippen molar-refractivity contribution in [3.05, 3.63) is 0 Å². The molecule has 1 aliphatic rings. The Balaban J connectivity index is 2.08. The Hall–Kier alpha value is -0.120. The average Bonchev–Trinajstić information content (AvgIpc) is 1.76. The maximum absolute atomic E-state index is 4.56. The molecule has 0 saturated carbocycles. The van der Waals surface area contributed by atoms with Crippen LogP contribution in [-0.4, -0.2) is 13.5 Å². The van der Waals surface area contributed by atoms with Crippen molar-refractivity contribution in [3.63, 3.8) is 0 Å². The van der Waals surface area contributed by atoms with Gasteiger partial charge in [0.1, 0.15) is 6.73 Å². The second kappa shape index (κ2) is 1.35. The minimum absolute atomic E-state index is 0.333. The molecule has 0 aromatic rings. The molecule has 1 fully saturated rings. The summed E-state index contributed by atoms with van der Waals surface area (Å²) in [5.41, 5.74) is 3.36. The maximum Gasteiger partial charge on any atom is 0.170 e. The second-order valence-electron chi connectivity index (χ2n) is 0.709. The molecule has 0 unspecified atom stereocenters. The van der Waals surface area contributed by atoms with E-state index in [1.54, 1.807) is 0 Å². The Bertz CT molecular complexity index is 19.2. The van der Waals surface area contributed by atoms with E-state index in [2.05, 4.69) is 15.1 Å². The molecule has 1 aliphatic heterocycles. The summed E-state index contributed by atoms with van der Waals surface area (Å²) in [4.78, 5) is 4.35. The zero-order valence-corrected chi connectivity index (χ0v) is 2.68. The molecule has 0 bridgehead atoms. The number of hydrogen-bond acceptors (Lipinski definition) is 2. The number of hydroxylamine groups is 1. The van der Waals surface area contributed by atoms with Crippen molar-refractivity contribution < 1.29 is 9.57 Å². The fraction of sp³-hybridized carbons (Fsp3) is 1.00. The summed E-state index contributed by atoms with van der Waals surface area (Å²) in [6.07, 6.45) is 0. The molecule has 0 atom stereocenters. The fourth-order valence-corrected chi connectivity index (χ4v) is 0.186. The third-order valence-electron chi connectivity index (χ3n) is 0.371. The standard InChI is InChI=1S/C2H4NO2/c1-3-5-2-4-1/h1-2H2. The zero-order chi connectivity index (χ0) is 3.54. The van der Waals surface area contributed by atoms with Crippen molar-refractivity contribution >= 4 is 0 Å². The zero-order valence-electron chi connectivity index (χ0n) is 2.68. The monoisotopic (exact) mass is 74.0 g/mol. The number of rotatable bonds is 0. The lowest BCUT2D eigenvalue weighted by atomic mass is 11.3. The third kappa shape index (κ3) is 0.576. The minimum Gasteiger partial charge on any atom is -0.334 e. The third-order valence-corrected chi connectivity index (χ3v) is 0.371. The first kappa shape index (κ1) is 3.08. The van der Waals surface area contributed by atoms with Gasteiger partial charge >= 0.3 is 0 Å². The molecule has 0 aromatic carbocycles. The summed E-state index contributed by atoms with van der Waals surface area (Å²) in [5, 5.41) is 0. The van der Waals surface area contributed by atoms with Crippen molar-refractivity contribution in [1.29, 1.82) is 0 Å². The summed E-state index contributed by atoms with van der Waals surface area (Å²) in [5.74, 6) is 0. The maximum atomic E-state index is 4.56. The molecule has 5 heavy (non-hydrogen) atoms. The molecule has 1 heterocycles. The van der Waals surface area contributed by atoms with Crippen LogP contribution in [0.2, 0.25) is 0 Å². The van der Waals surface area contributed by atoms with E-state index >= 15 is 0 Å². The van der Waals surface area contributed by atoms with Gasteiger partial charge in [-0.1, -0.05) is 5.48 Å². The summed E-state index contributed by atoms with van der Waals surface area (Å²) < 4.78 is 4.56. The molecule has 0 aromatic heterocycles. The van der Waals surface area contributed by atoms with Gasteiger partial charge in [-0.3, -0.25) is 4.84 Å². The molecule has 1 rings (SSSR count). The second-order valence-corrected chi connectivity index (χ2v) is 0.709. The Morgan fingerprint density at radius 3 is 2.80 bits per heavy atom. The topological polar surface area (TPSA) is 32.6 Å². The molecule has 1 saturated heterocycles. The number of ether oxygens (including phenoxy) is 1.